The number of nitrogens with zero attached hydrogens (tertiary/aromatic N) is 3. The number of amidine groups is 1. The molecule has 23 heavy (non-hydrogen) atoms. The summed E-state index contributed by atoms with van der Waals surface area (Å²) in [6.07, 6.45) is 1.52. The minimum absolute atomic E-state index is 0.165. The van der Waals surface area contributed by atoms with Crippen LogP contribution in [0.3, 0.4) is 0 Å². The van der Waals surface area contributed by atoms with Crippen LogP contribution in [0.15, 0.2) is 67.8 Å². The molecule has 2 aromatic carbocycles. The van der Waals surface area contributed by atoms with Crippen molar-refractivity contribution in [2.75, 3.05) is 0 Å². The maximum atomic E-state index is 11.9. The van der Waals surface area contributed by atoms with E-state index in [-0.39, 0.29) is 10.7 Å². The van der Waals surface area contributed by atoms with Crippen molar-refractivity contribution in [1.82, 2.24) is 5.43 Å². The molecule has 0 amide bonds. The average Bonchev–Trinajstić information content (AvgIpc) is 2.81. The number of sulfonamides is 1. The maximum Gasteiger partial charge on any atom is 0.285 e. The first-order valence-electron chi connectivity index (χ1n) is 6.50. The van der Waals surface area contributed by atoms with Gasteiger partial charge in [0.1, 0.15) is 10.3 Å². The predicted molar refractivity (Wildman–Crippen MR) is 88.8 cm³/mol. The van der Waals surface area contributed by atoms with Gasteiger partial charge in [-0.25, -0.2) is 0 Å². The fourth-order valence-corrected chi connectivity index (χ4v) is 3.73. The quantitative estimate of drug-likeness (QED) is 0.400. The van der Waals surface area contributed by atoms with Gasteiger partial charge in [-0.1, -0.05) is 30.3 Å². The van der Waals surface area contributed by atoms with Gasteiger partial charge in [-0.2, -0.15) is 18.8 Å². The molecule has 0 fully saturated rings. The molecule has 8 heteroatoms. The summed E-state index contributed by atoms with van der Waals surface area (Å²) in [4.78, 5) is 0.931. The summed E-state index contributed by atoms with van der Waals surface area (Å²) >= 11 is 1.03. The monoisotopic (exact) mass is 342 g/mol. The van der Waals surface area contributed by atoms with Crippen LogP contribution in [0.2, 0.25) is 0 Å². The zero-order chi connectivity index (χ0) is 16.3. The molecule has 1 N–H and O–H groups in total. The third-order valence-corrected chi connectivity index (χ3v) is 5.10. The summed E-state index contributed by atoms with van der Waals surface area (Å²) in [6.45, 7) is 0. The van der Waals surface area contributed by atoms with Gasteiger partial charge in [-0.05, 0) is 30.0 Å². The van der Waals surface area contributed by atoms with E-state index >= 15 is 0 Å². The number of thioether (sulfide) groups is 1. The van der Waals surface area contributed by atoms with E-state index in [0.717, 1.165) is 22.2 Å². The molecule has 1 aliphatic heterocycles. The van der Waals surface area contributed by atoms with Gasteiger partial charge in [0, 0.05) is 16.0 Å². The summed E-state index contributed by atoms with van der Waals surface area (Å²) in [5, 5.41) is 14.8. The molecular formula is C15H10N4O2S2. The van der Waals surface area contributed by atoms with Crippen LogP contribution in [-0.4, -0.2) is 20.5 Å². The van der Waals surface area contributed by atoms with Crippen LogP contribution in [0.4, 0.5) is 0 Å². The molecule has 0 radical (unpaired) electrons. The minimum atomic E-state index is -3.66. The van der Waals surface area contributed by atoms with Crippen LogP contribution in [0.5, 0.6) is 0 Å². The standard InChI is InChI=1S/C15H10N4O2S2/c16-10-22-13-7-3-1-5-11(13)9-17-18-15-12-6-2-4-8-14(12)23(20,21)19-15/h1-9H,(H,18,19)/b17-9+. The van der Waals surface area contributed by atoms with E-state index in [9.17, 15) is 8.42 Å². The van der Waals surface area contributed by atoms with E-state index in [0.29, 0.717) is 5.56 Å². The highest BCUT2D eigenvalue weighted by Gasteiger charge is 2.28. The van der Waals surface area contributed by atoms with Gasteiger partial charge >= 0.3 is 0 Å². The molecule has 6 nitrogen and oxygen atoms in total. The Balaban J connectivity index is 1.84. The molecule has 0 unspecified atom stereocenters. The molecular weight excluding hydrogens is 332 g/mol. The Kier molecular flexibility index (Phi) is 4.14. The highest BCUT2D eigenvalue weighted by molar-refractivity contribution is 8.03. The number of rotatable bonds is 3. The summed E-state index contributed by atoms with van der Waals surface area (Å²) in [6, 6.07) is 13.8. The van der Waals surface area contributed by atoms with Crippen molar-refractivity contribution in [3.05, 3.63) is 59.7 Å². The van der Waals surface area contributed by atoms with Gasteiger partial charge in [0.25, 0.3) is 10.0 Å². The smallest absolute Gasteiger partial charge is 0.260 e. The highest BCUT2D eigenvalue weighted by Crippen LogP contribution is 2.25. The lowest BCUT2D eigenvalue weighted by atomic mass is 10.2. The number of hydrogen-bond acceptors (Lipinski definition) is 6. The topological polar surface area (TPSA) is 94.7 Å². The van der Waals surface area contributed by atoms with Crippen LogP contribution in [0.25, 0.3) is 0 Å². The maximum absolute atomic E-state index is 11.9. The number of hydrazone groups is 1. The number of benzene rings is 2. The van der Waals surface area contributed by atoms with E-state index in [1.54, 1.807) is 18.2 Å². The zero-order valence-electron chi connectivity index (χ0n) is 11.7. The Bertz CT molecular complexity index is 959. The van der Waals surface area contributed by atoms with Crippen molar-refractivity contribution >= 4 is 33.8 Å². The number of hydrogen-bond donors (Lipinski definition) is 1. The molecule has 0 aromatic heterocycles. The first kappa shape index (κ1) is 15.3. The third-order valence-electron chi connectivity index (χ3n) is 3.08. The van der Waals surface area contributed by atoms with Gasteiger partial charge in [-0.3, -0.25) is 5.43 Å². The second-order valence-electron chi connectivity index (χ2n) is 4.51. The number of thiocyanates is 1. The van der Waals surface area contributed by atoms with Crippen molar-refractivity contribution in [3.63, 3.8) is 0 Å². The summed E-state index contributed by atoms with van der Waals surface area (Å²) in [7, 11) is -3.66. The molecule has 0 atom stereocenters. The predicted octanol–water partition coefficient (Wildman–Crippen LogP) is 2.33. The number of nitrogens with one attached hydrogen (secondary N) is 1. The van der Waals surface area contributed by atoms with Crippen molar-refractivity contribution in [2.24, 2.45) is 9.50 Å². The molecule has 2 aromatic rings. The molecule has 3 rings (SSSR count). The fraction of sp³-hybridized carbons (Fsp3) is 0. The SMILES string of the molecule is N#CSc1ccccc1/C=N/NC1=NS(=O)(=O)c2ccccc21. The Morgan fingerprint density at radius 1 is 1.17 bits per heavy atom. The molecule has 114 valence electrons. The number of fused-ring (bicyclic) bond motifs is 1. The van der Waals surface area contributed by atoms with E-state index in [4.69, 9.17) is 5.26 Å². The normalized spacial score (nSPS) is 15.0. The van der Waals surface area contributed by atoms with Gasteiger partial charge in [0.15, 0.2) is 5.84 Å². The second-order valence-corrected chi connectivity index (χ2v) is 6.91. The highest BCUT2D eigenvalue weighted by atomic mass is 32.2. The zero-order valence-corrected chi connectivity index (χ0v) is 13.3. The lowest BCUT2D eigenvalue weighted by Crippen LogP contribution is -2.17. The first-order valence-corrected chi connectivity index (χ1v) is 8.76. The fourth-order valence-electron chi connectivity index (χ4n) is 2.08. The van der Waals surface area contributed by atoms with Crippen molar-refractivity contribution < 1.29 is 8.42 Å². The van der Waals surface area contributed by atoms with E-state index < -0.39 is 10.0 Å². The summed E-state index contributed by atoms with van der Waals surface area (Å²) in [5.74, 6) is 0.183. The van der Waals surface area contributed by atoms with Crippen LogP contribution >= 0.6 is 11.8 Å². The van der Waals surface area contributed by atoms with Crippen LogP contribution in [0.1, 0.15) is 11.1 Å². The summed E-state index contributed by atoms with van der Waals surface area (Å²) < 4.78 is 27.5. The van der Waals surface area contributed by atoms with E-state index in [1.807, 2.05) is 29.7 Å². The lowest BCUT2D eigenvalue weighted by molar-refractivity contribution is 0.599. The van der Waals surface area contributed by atoms with Crippen LogP contribution in [0, 0.1) is 10.7 Å². The average molecular weight is 342 g/mol. The molecule has 0 spiro atoms. The molecule has 0 aliphatic carbocycles. The largest absolute Gasteiger partial charge is 0.285 e. The van der Waals surface area contributed by atoms with E-state index in [1.165, 1.54) is 12.3 Å². The Hall–Kier alpha value is -2.63. The number of nitriles is 1. The molecule has 1 heterocycles. The molecule has 1 aliphatic rings. The lowest BCUT2D eigenvalue weighted by Gasteiger charge is -2.02. The minimum Gasteiger partial charge on any atom is -0.260 e. The van der Waals surface area contributed by atoms with Crippen molar-refractivity contribution in [3.8, 4) is 5.40 Å². The Morgan fingerprint density at radius 2 is 1.91 bits per heavy atom. The Morgan fingerprint density at radius 3 is 2.74 bits per heavy atom. The van der Waals surface area contributed by atoms with Crippen LogP contribution in [-0.2, 0) is 10.0 Å². The van der Waals surface area contributed by atoms with Crippen molar-refractivity contribution in [1.29, 1.82) is 5.26 Å². The summed E-state index contributed by atoms with van der Waals surface area (Å²) in [5.41, 5.74) is 3.90. The molecule has 0 saturated heterocycles. The van der Waals surface area contributed by atoms with E-state index in [2.05, 4.69) is 14.9 Å². The van der Waals surface area contributed by atoms with Gasteiger partial charge in [-0.15, -0.1) is 4.40 Å². The molecule has 0 bridgehead atoms. The van der Waals surface area contributed by atoms with Crippen molar-refractivity contribution in [2.45, 2.75) is 9.79 Å². The first-order chi connectivity index (χ1) is 11.1. The van der Waals surface area contributed by atoms with Gasteiger partial charge in [0.2, 0.25) is 0 Å². The van der Waals surface area contributed by atoms with Gasteiger partial charge < -0.3 is 0 Å². The van der Waals surface area contributed by atoms with Gasteiger partial charge in [0.05, 0.1) is 6.21 Å². The van der Waals surface area contributed by atoms with Crippen LogP contribution < -0.4 is 5.43 Å². The second kappa shape index (κ2) is 6.24. The third kappa shape index (κ3) is 3.11. The Labute approximate surface area is 137 Å². The molecule has 0 saturated carbocycles.